The summed E-state index contributed by atoms with van der Waals surface area (Å²) in [5.74, 6) is 0. The lowest BCUT2D eigenvalue weighted by atomic mass is 10.1. The van der Waals surface area contributed by atoms with Crippen LogP contribution in [-0.4, -0.2) is 27.7 Å². The van der Waals surface area contributed by atoms with Crippen molar-refractivity contribution in [2.24, 2.45) is 0 Å². The zero-order chi connectivity index (χ0) is 15.5. The van der Waals surface area contributed by atoms with Gasteiger partial charge in [-0.3, -0.25) is 5.43 Å². The molecule has 0 radical (unpaired) electrons. The second-order valence-electron chi connectivity index (χ2n) is 4.93. The van der Waals surface area contributed by atoms with Crippen LogP contribution in [0.2, 0.25) is 0 Å². The largest absolute Gasteiger partial charge is 0.464 e. The molecule has 1 aromatic heterocycles. The number of nitrogens with one attached hydrogen (secondary N) is 2. The Bertz CT molecular complexity index is 796. The Hall–Kier alpha value is -2.95. The number of aromatic amines is 1. The molecule has 22 heavy (non-hydrogen) atoms. The minimum atomic E-state index is -1.01. The Morgan fingerprint density at radius 3 is 2.50 bits per heavy atom. The van der Waals surface area contributed by atoms with Crippen LogP contribution in [0.1, 0.15) is 6.92 Å². The minimum absolute atomic E-state index is 0.350. The van der Waals surface area contributed by atoms with Crippen LogP contribution in [0.5, 0.6) is 0 Å². The van der Waals surface area contributed by atoms with Crippen LogP contribution in [0, 0.1) is 0 Å². The van der Waals surface area contributed by atoms with Gasteiger partial charge < -0.3 is 10.1 Å². The highest BCUT2D eigenvalue weighted by Crippen LogP contribution is 2.35. The highest BCUT2D eigenvalue weighted by atomic mass is 16.4. The van der Waals surface area contributed by atoms with Crippen LogP contribution >= 0.6 is 0 Å². The fraction of sp³-hybridized carbons (Fsp3) is 0.118. The molecule has 1 amide bonds. The van der Waals surface area contributed by atoms with E-state index in [2.05, 4.69) is 10.4 Å². The van der Waals surface area contributed by atoms with Crippen LogP contribution < -0.4 is 5.43 Å². The zero-order valence-electron chi connectivity index (χ0n) is 12.2. The first-order valence-electron chi connectivity index (χ1n) is 7.14. The maximum atomic E-state index is 11.3. The molecule has 5 heteroatoms. The fourth-order valence-corrected chi connectivity index (χ4v) is 2.48. The maximum absolute atomic E-state index is 11.3. The molecule has 0 unspecified atom stereocenters. The standard InChI is InChI=1S/C17H17N3O2/c1-2-20(17(21)22)19-16-13-10-6-7-11-14(13)18-15(16)12-8-4-3-5-9-12/h3-11,18-19H,2H2,1H3,(H,21,22). The third-order valence-corrected chi connectivity index (χ3v) is 3.56. The van der Waals surface area contributed by atoms with E-state index in [4.69, 9.17) is 0 Å². The molecule has 1 heterocycles. The Morgan fingerprint density at radius 1 is 1.14 bits per heavy atom. The first kappa shape index (κ1) is 14.0. The third-order valence-electron chi connectivity index (χ3n) is 3.56. The number of carboxylic acid groups (broad SMARTS) is 1. The van der Waals surface area contributed by atoms with Crippen LogP contribution in [0.3, 0.4) is 0 Å². The Balaban J connectivity index is 2.15. The Labute approximate surface area is 128 Å². The second kappa shape index (κ2) is 5.81. The van der Waals surface area contributed by atoms with Gasteiger partial charge in [0.15, 0.2) is 0 Å². The molecule has 2 aromatic carbocycles. The molecular weight excluding hydrogens is 278 g/mol. The van der Waals surface area contributed by atoms with Gasteiger partial charge in [0.1, 0.15) is 0 Å². The van der Waals surface area contributed by atoms with Gasteiger partial charge in [0.25, 0.3) is 0 Å². The summed E-state index contributed by atoms with van der Waals surface area (Å²) in [7, 11) is 0. The summed E-state index contributed by atoms with van der Waals surface area (Å²) in [6.07, 6.45) is -1.01. The summed E-state index contributed by atoms with van der Waals surface area (Å²) >= 11 is 0. The number of para-hydroxylation sites is 1. The molecule has 0 aliphatic carbocycles. The normalized spacial score (nSPS) is 10.6. The molecular formula is C17H17N3O2. The molecule has 3 N–H and O–H groups in total. The summed E-state index contributed by atoms with van der Waals surface area (Å²) in [5, 5.41) is 11.4. The lowest BCUT2D eigenvalue weighted by Crippen LogP contribution is -2.34. The van der Waals surface area contributed by atoms with Crippen molar-refractivity contribution in [3.05, 3.63) is 54.6 Å². The van der Waals surface area contributed by atoms with Gasteiger partial charge in [0.05, 0.1) is 11.4 Å². The molecule has 5 nitrogen and oxygen atoms in total. The molecule has 0 saturated carbocycles. The number of hydrogen-bond acceptors (Lipinski definition) is 2. The van der Waals surface area contributed by atoms with Gasteiger partial charge in [-0.05, 0) is 13.0 Å². The molecule has 0 saturated heterocycles. The van der Waals surface area contributed by atoms with Crippen molar-refractivity contribution in [1.29, 1.82) is 0 Å². The van der Waals surface area contributed by atoms with Crippen LogP contribution in [-0.2, 0) is 0 Å². The number of benzene rings is 2. The van der Waals surface area contributed by atoms with Crippen molar-refractivity contribution in [3.8, 4) is 11.3 Å². The number of fused-ring (bicyclic) bond motifs is 1. The fourth-order valence-electron chi connectivity index (χ4n) is 2.48. The summed E-state index contributed by atoms with van der Waals surface area (Å²) in [6.45, 7) is 2.14. The van der Waals surface area contributed by atoms with Crippen molar-refractivity contribution in [2.45, 2.75) is 6.92 Å². The number of aromatic nitrogens is 1. The van der Waals surface area contributed by atoms with Crippen molar-refractivity contribution >= 4 is 22.7 Å². The average Bonchev–Trinajstić information content (AvgIpc) is 2.91. The van der Waals surface area contributed by atoms with Gasteiger partial charge in [-0.2, -0.15) is 0 Å². The summed E-state index contributed by atoms with van der Waals surface area (Å²) in [5.41, 5.74) is 6.63. The molecule has 112 valence electrons. The Morgan fingerprint density at radius 2 is 1.82 bits per heavy atom. The van der Waals surface area contributed by atoms with Crippen molar-refractivity contribution in [1.82, 2.24) is 9.99 Å². The Kier molecular flexibility index (Phi) is 3.70. The highest BCUT2D eigenvalue weighted by molar-refractivity contribution is 6.01. The van der Waals surface area contributed by atoms with Crippen molar-refractivity contribution in [2.75, 3.05) is 12.0 Å². The topological polar surface area (TPSA) is 68.4 Å². The van der Waals surface area contributed by atoms with E-state index in [1.165, 1.54) is 5.01 Å². The van der Waals surface area contributed by atoms with E-state index in [9.17, 15) is 9.90 Å². The number of H-pyrrole nitrogens is 1. The maximum Gasteiger partial charge on any atom is 0.426 e. The summed E-state index contributed by atoms with van der Waals surface area (Å²) < 4.78 is 0. The molecule has 0 fully saturated rings. The van der Waals surface area contributed by atoms with E-state index < -0.39 is 6.09 Å². The molecule has 0 spiro atoms. The first-order chi connectivity index (χ1) is 10.7. The lowest BCUT2D eigenvalue weighted by molar-refractivity contribution is 0.157. The number of rotatable bonds is 4. The predicted molar refractivity (Wildman–Crippen MR) is 87.8 cm³/mol. The molecule has 0 aliphatic heterocycles. The van der Waals surface area contributed by atoms with Gasteiger partial charge in [-0.1, -0.05) is 48.5 Å². The monoisotopic (exact) mass is 295 g/mol. The van der Waals surface area contributed by atoms with E-state index in [0.29, 0.717) is 6.54 Å². The smallest absolute Gasteiger partial charge is 0.426 e. The lowest BCUT2D eigenvalue weighted by Gasteiger charge is -2.20. The minimum Gasteiger partial charge on any atom is -0.464 e. The molecule has 0 aliphatic rings. The van der Waals surface area contributed by atoms with E-state index in [1.54, 1.807) is 6.92 Å². The molecule has 3 rings (SSSR count). The van der Waals surface area contributed by atoms with Gasteiger partial charge in [0, 0.05) is 23.0 Å². The summed E-state index contributed by atoms with van der Waals surface area (Å²) in [6, 6.07) is 17.7. The number of hydrogen-bond donors (Lipinski definition) is 3. The number of carbonyl (C=O) groups is 1. The number of amides is 1. The van der Waals surface area contributed by atoms with Gasteiger partial charge in [0.2, 0.25) is 0 Å². The zero-order valence-corrected chi connectivity index (χ0v) is 12.2. The van der Waals surface area contributed by atoms with E-state index in [-0.39, 0.29) is 0 Å². The summed E-state index contributed by atoms with van der Waals surface area (Å²) in [4.78, 5) is 14.7. The molecule has 0 bridgehead atoms. The van der Waals surface area contributed by atoms with Crippen LogP contribution in [0.15, 0.2) is 54.6 Å². The van der Waals surface area contributed by atoms with Gasteiger partial charge >= 0.3 is 6.09 Å². The number of nitrogens with zero attached hydrogens (tertiary/aromatic N) is 1. The predicted octanol–water partition coefficient (Wildman–Crippen LogP) is 4.16. The first-order valence-corrected chi connectivity index (χ1v) is 7.14. The van der Waals surface area contributed by atoms with E-state index >= 15 is 0 Å². The van der Waals surface area contributed by atoms with Crippen LogP contribution in [0.4, 0.5) is 10.5 Å². The van der Waals surface area contributed by atoms with Crippen molar-refractivity contribution in [3.63, 3.8) is 0 Å². The van der Waals surface area contributed by atoms with Gasteiger partial charge in [-0.25, -0.2) is 9.80 Å². The highest BCUT2D eigenvalue weighted by Gasteiger charge is 2.17. The average molecular weight is 295 g/mol. The van der Waals surface area contributed by atoms with Crippen LogP contribution in [0.25, 0.3) is 22.2 Å². The van der Waals surface area contributed by atoms with Crippen molar-refractivity contribution < 1.29 is 9.90 Å². The third kappa shape index (κ3) is 2.48. The molecule has 3 aromatic rings. The van der Waals surface area contributed by atoms with Gasteiger partial charge in [-0.15, -0.1) is 0 Å². The number of hydrazine groups is 1. The molecule has 0 atom stereocenters. The SMILES string of the molecule is CCN(Nc1c(-c2ccccc2)[nH]c2ccccc12)C(=O)O. The van der Waals surface area contributed by atoms with E-state index in [1.807, 2.05) is 54.6 Å². The van der Waals surface area contributed by atoms with E-state index in [0.717, 1.165) is 27.8 Å². The number of anilines is 1. The second-order valence-corrected chi connectivity index (χ2v) is 4.93. The quantitative estimate of drug-likeness (QED) is 0.633.